The van der Waals surface area contributed by atoms with E-state index >= 15 is 0 Å². The van der Waals surface area contributed by atoms with Crippen molar-refractivity contribution in [3.05, 3.63) is 53.3 Å². The fourth-order valence-electron chi connectivity index (χ4n) is 2.59. The van der Waals surface area contributed by atoms with Crippen molar-refractivity contribution >= 4 is 23.2 Å². The van der Waals surface area contributed by atoms with Crippen molar-refractivity contribution < 1.29 is 18.7 Å². The smallest absolute Gasteiger partial charge is 0.238 e. The van der Waals surface area contributed by atoms with E-state index in [1.165, 1.54) is 18.2 Å². The molecule has 5 nitrogen and oxygen atoms in total. The molecule has 25 heavy (non-hydrogen) atoms. The standard InChI is InChI=1S/C18H18ClFN2O3/c1-22(9-13-11-24-16-4-2-3-5-17(16)25-13)10-18(23)21-15-8-12(19)6-7-14(15)20/h2-8,13H,9-11H2,1H3,(H,21,23). The summed E-state index contributed by atoms with van der Waals surface area (Å²) in [4.78, 5) is 13.9. The molecule has 1 heterocycles. The number of halogens is 2. The van der Waals surface area contributed by atoms with Gasteiger partial charge in [-0.25, -0.2) is 4.39 Å². The van der Waals surface area contributed by atoms with E-state index in [1.807, 2.05) is 24.3 Å². The molecule has 1 aliphatic heterocycles. The van der Waals surface area contributed by atoms with Crippen LogP contribution >= 0.6 is 11.6 Å². The molecule has 1 atom stereocenters. The summed E-state index contributed by atoms with van der Waals surface area (Å²) < 4.78 is 25.2. The highest BCUT2D eigenvalue weighted by atomic mass is 35.5. The third kappa shape index (κ3) is 4.61. The minimum atomic E-state index is -0.527. The fraction of sp³-hybridized carbons (Fsp3) is 0.278. The van der Waals surface area contributed by atoms with Crippen LogP contribution in [0.25, 0.3) is 0 Å². The number of likely N-dealkylation sites (N-methyl/N-ethyl adjacent to an activating group) is 1. The highest BCUT2D eigenvalue weighted by Crippen LogP contribution is 2.30. The van der Waals surface area contributed by atoms with E-state index < -0.39 is 5.82 Å². The summed E-state index contributed by atoms with van der Waals surface area (Å²) in [5.41, 5.74) is 0.0667. The number of para-hydroxylation sites is 2. The quantitative estimate of drug-likeness (QED) is 0.885. The van der Waals surface area contributed by atoms with Gasteiger partial charge in [0.1, 0.15) is 18.5 Å². The van der Waals surface area contributed by atoms with Gasteiger partial charge in [-0.05, 0) is 37.4 Å². The van der Waals surface area contributed by atoms with Gasteiger partial charge in [-0.15, -0.1) is 0 Å². The van der Waals surface area contributed by atoms with Crippen molar-refractivity contribution in [3.8, 4) is 11.5 Å². The Bertz CT molecular complexity index is 772. The largest absolute Gasteiger partial charge is 0.486 e. The summed E-state index contributed by atoms with van der Waals surface area (Å²) in [6.45, 7) is 0.999. The molecular formula is C18H18ClFN2O3. The highest BCUT2D eigenvalue weighted by Gasteiger charge is 2.22. The maximum Gasteiger partial charge on any atom is 0.238 e. The van der Waals surface area contributed by atoms with Crippen LogP contribution in [0.2, 0.25) is 5.02 Å². The molecule has 0 aliphatic carbocycles. The summed E-state index contributed by atoms with van der Waals surface area (Å²) in [6.07, 6.45) is -0.185. The van der Waals surface area contributed by atoms with Crippen molar-refractivity contribution in [1.29, 1.82) is 0 Å². The maximum absolute atomic E-state index is 13.7. The minimum Gasteiger partial charge on any atom is -0.486 e. The molecular weight excluding hydrogens is 347 g/mol. The Morgan fingerprint density at radius 2 is 2.08 bits per heavy atom. The summed E-state index contributed by atoms with van der Waals surface area (Å²) in [5.74, 6) is 0.551. The number of anilines is 1. The predicted octanol–water partition coefficient (Wildman–Crippen LogP) is 3.19. The average molecular weight is 365 g/mol. The second-order valence-corrected chi connectivity index (χ2v) is 6.30. The number of fused-ring (bicyclic) bond motifs is 1. The number of nitrogens with one attached hydrogen (secondary N) is 1. The molecule has 1 unspecified atom stereocenters. The number of rotatable bonds is 5. The van der Waals surface area contributed by atoms with Crippen LogP contribution in [-0.4, -0.2) is 43.7 Å². The summed E-state index contributed by atoms with van der Waals surface area (Å²) in [7, 11) is 1.79. The van der Waals surface area contributed by atoms with Gasteiger partial charge in [0.2, 0.25) is 5.91 Å². The molecule has 0 fully saturated rings. The van der Waals surface area contributed by atoms with Crippen LogP contribution in [0.15, 0.2) is 42.5 Å². The van der Waals surface area contributed by atoms with Crippen molar-refractivity contribution in [3.63, 3.8) is 0 Å². The Hall–Kier alpha value is -2.31. The lowest BCUT2D eigenvalue weighted by Gasteiger charge is -2.29. The second-order valence-electron chi connectivity index (χ2n) is 5.87. The Labute approximate surface area is 150 Å². The van der Waals surface area contributed by atoms with E-state index in [9.17, 15) is 9.18 Å². The molecule has 3 rings (SSSR count). The third-order valence-corrected chi connectivity index (χ3v) is 3.93. The van der Waals surface area contributed by atoms with Crippen molar-refractivity contribution in [2.45, 2.75) is 6.10 Å². The minimum absolute atomic E-state index is 0.0667. The molecule has 0 aromatic heterocycles. The van der Waals surface area contributed by atoms with E-state index in [1.54, 1.807) is 11.9 Å². The van der Waals surface area contributed by atoms with Crippen LogP contribution in [0, 0.1) is 5.82 Å². The third-order valence-electron chi connectivity index (χ3n) is 3.70. The van der Waals surface area contributed by atoms with Gasteiger partial charge >= 0.3 is 0 Å². The van der Waals surface area contributed by atoms with Gasteiger partial charge in [0.05, 0.1) is 12.2 Å². The Balaban J connectivity index is 1.52. The number of carbonyl (C=O) groups excluding carboxylic acids is 1. The summed E-state index contributed by atoms with van der Waals surface area (Å²) in [5, 5.41) is 2.88. The van der Waals surface area contributed by atoms with Crippen LogP contribution in [0.1, 0.15) is 0 Å². The molecule has 0 saturated heterocycles. The van der Waals surface area contributed by atoms with E-state index in [4.69, 9.17) is 21.1 Å². The Kier molecular flexibility index (Phi) is 5.40. The molecule has 132 valence electrons. The number of hydrogen-bond acceptors (Lipinski definition) is 4. The zero-order valence-electron chi connectivity index (χ0n) is 13.7. The van der Waals surface area contributed by atoms with Gasteiger partial charge in [0, 0.05) is 11.6 Å². The van der Waals surface area contributed by atoms with Crippen molar-refractivity contribution in [1.82, 2.24) is 4.90 Å². The number of amides is 1. The molecule has 1 N–H and O–H groups in total. The van der Waals surface area contributed by atoms with E-state index in [2.05, 4.69) is 5.32 Å². The lowest BCUT2D eigenvalue weighted by molar-refractivity contribution is -0.117. The number of benzene rings is 2. The van der Waals surface area contributed by atoms with Crippen LogP contribution in [0.3, 0.4) is 0 Å². The zero-order chi connectivity index (χ0) is 17.8. The SMILES string of the molecule is CN(CC(=O)Nc1cc(Cl)ccc1F)CC1COc2ccccc2O1. The van der Waals surface area contributed by atoms with Crippen molar-refractivity contribution in [2.24, 2.45) is 0 Å². The molecule has 0 saturated carbocycles. The maximum atomic E-state index is 13.7. The van der Waals surface area contributed by atoms with Crippen molar-refractivity contribution in [2.75, 3.05) is 32.1 Å². The molecule has 1 amide bonds. The fourth-order valence-corrected chi connectivity index (χ4v) is 2.77. The normalized spacial score (nSPS) is 15.9. The first-order valence-corrected chi connectivity index (χ1v) is 8.21. The van der Waals surface area contributed by atoms with E-state index in [0.717, 1.165) is 5.75 Å². The first-order chi connectivity index (χ1) is 12.0. The second kappa shape index (κ2) is 7.72. The molecule has 2 aromatic carbocycles. The van der Waals surface area contributed by atoms with E-state index in [0.29, 0.717) is 23.9 Å². The number of hydrogen-bond donors (Lipinski definition) is 1. The molecule has 0 radical (unpaired) electrons. The Morgan fingerprint density at radius 1 is 1.32 bits per heavy atom. The average Bonchev–Trinajstić information content (AvgIpc) is 2.58. The zero-order valence-corrected chi connectivity index (χ0v) is 14.4. The van der Waals surface area contributed by atoms with Crippen LogP contribution in [0.4, 0.5) is 10.1 Å². The number of ether oxygens (including phenoxy) is 2. The van der Waals surface area contributed by atoms with Gasteiger partial charge in [-0.2, -0.15) is 0 Å². The number of nitrogens with zero attached hydrogens (tertiary/aromatic N) is 1. The molecule has 0 spiro atoms. The van der Waals surface area contributed by atoms with Crippen LogP contribution in [-0.2, 0) is 4.79 Å². The molecule has 1 aliphatic rings. The molecule has 2 aromatic rings. The molecule has 0 bridgehead atoms. The molecule has 7 heteroatoms. The number of carbonyl (C=O) groups is 1. The van der Waals surface area contributed by atoms with Gasteiger partial charge < -0.3 is 14.8 Å². The summed E-state index contributed by atoms with van der Waals surface area (Å²) in [6, 6.07) is 11.5. The van der Waals surface area contributed by atoms with Gasteiger partial charge in [-0.3, -0.25) is 9.69 Å². The lowest BCUT2D eigenvalue weighted by atomic mass is 10.2. The summed E-state index contributed by atoms with van der Waals surface area (Å²) >= 11 is 5.82. The van der Waals surface area contributed by atoms with Gasteiger partial charge in [0.25, 0.3) is 0 Å². The van der Waals surface area contributed by atoms with Gasteiger partial charge in [0.15, 0.2) is 11.5 Å². The topological polar surface area (TPSA) is 50.8 Å². The van der Waals surface area contributed by atoms with Crippen LogP contribution < -0.4 is 14.8 Å². The Morgan fingerprint density at radius 3 is 2.88 bits per heavy atom. The monoisotopic (exact) mass is 364 g/mol. The predicted molar refractivity (Wildman–Crippen MR) is 93.9 cm³/mol. The lowest BCUT2D eigenvalue weighted by Crippen LogP contribution is -2.42. The van der Waals surface area contributed by atoms with Crippen LogP contribution in [0.5, 0.6) is 11.5 Å². The van der Waals surface area contributed by atoms with E-state index in [-0.39, 0.29) is 24.2 Å². The first-order valence-electron chi connectivity index (χ1n) is 7.83. The first kappa shape index (κ1) is 17.5. The van der Waals surface area contributed by atoms with Gasteiger partial charge in [-0.1, -0.05) is 23.7 Å². The highest BCUT2D eigenvalue weighted by molar-refractivity contribution is 6.30.